The number of hydrogen-bond acceptors (Lipinski definition) is 4. The molecule has 6 nitrogen and oxygen atoms in total. The summed E-state index contributed by atoms with van der Waals surface area (Å²) in [4.78, 5) is 0. The van der Waals surface area contributed by atoms with Gasteiger partial charge in [-0.05, 0) is 24.1 Å². The van der Waals surface area contributed by atoms with E-state index in [2.05, 4.69) is 10.2 Å². The second-order valence-corrected chi connectivity index (χ2v) is 6.85. The van der Waals surface area contributed by atoms with Gasteiger partial charge in [-0.1, -0.05) is 25.4 Å². The molecule has 0 aliphatic heterocycles. The van der Waals surface area contributed by atoms with Crippen LogP contribution in [0.3, 0.4) is 0 Å². The Bertz CT molecular complexity index is 774. The number of nitrogens with zero attached hydrogens (tertiary/aromatic N) is 3. The summed E-state index contributed by atoms with van der Waals surface area (Å²) >= 11 is 5.64. The lowest BCUT2D eigenvalue weighted by atomic mass is 10.2. The molecule has 114 valence electrons. The minimum atomic E-state index is -4.02. The molecule has 0 spiro atoms. The molecule has 0 saturated heterocycles. The lowest BCUT2D eigenvalue weighted by Gasteiger charge is -2.11. The molecule has 9 heteroatoms. The third kappa shape index (κ3) is 3.39. The SMILES string of the molecule is CC(C)Cn1c(-c2ccc(Cl)c(F)c2)nnc1S(N)(=O)=O. The summed E-state index contributed by atoms with van der Waals surface area (Å²) in [6.07, 6.45) is 0. The first kappa shape index (κ1) is 15.9. The van der Waals surface area contributed by atoms with Crippen LogP contribution in [0.5, 0.6) is 0 Å². The predicted octanol–water partition coefficient (Wildman–Crippen LogP) is 2.04. The summed E-state index contributed by atoms with van der Waals surface area (Å²) in [5.41, 5.74) is 0.375. The van der Waals surface area contributed by atoms with Crippen LogP contribution in [0, 0.1) is 11.7 Å². The van der Waals surface area contributed by atoms with E-state index in [1.165, 1.54) is 16.7 Å². The van der Waals surface area contributed by atoms with Crippen molar-refractivity contribution in [3.8, 4) is 11.4 Å². The average molecular weight is 333 g/mol. The largest absolute Gasteiger partial charge is 0.296 e. The van der Waals surface area contributed by atoms with E-state index < -0.39 is 15.8 Å². The van der Waals surface area contributed by atoms with E-state index in [1.807, 2.05) is 13.8 Å². The minimum Gasteiger partial charge on any atom is -0.296 e. The first-order chi connectivity index (χ1) is 9.70. The van der Waals surface area contributed by atoms with E-state index in [0.717, 1.165) is 0 Å². The topological polar surface area (TPSA) is 90.9 Å². The summed E-state index contributed by atoms with van der Waals surface area (Å²) in [7, 11) is -4.02. The van der Waals surface area contributed by atoms with Gasteiger partial charge in [0.25, 0.3) is 15.2 Å². The molecule has 0 unspecified atom stereocenters. The van der Waals surface area contributed by atoms with Crippen molar-refractivity contribution in [1.29, 1.82) is 0 Å². The maximum atomic E-state index is 13.6. The molecule has 2 rings (SSSR count). The van der Waals surface area contributed by atoms with Gasteiger partial charge in [-0.25, -0.2) is 17.9 Å². The first-order valence-corrected chi connectivity index (χ1v) is 8.04. The van der Waals surface area contributed by atoms with Gasteiger partial charge in [0.15, 0.2) is 5.82 Å². The highest BCUT2D eigenvalue weighted by molar-refractivity contribution is 7.89. The highest BCUT2D eigenvalue weighted by Crippen LogP contribution is 2.25. The Hall–Kier alpha value is -1.51. The summed E-state index contributed by atoms with van der Waals surface area (Å²) in [5.74, 6) is -0.272. The molecule has 21 heavy (non-hydrogen) atoms. The van der Waals surface area contributed by atoms with Crippen LogP contribution >= 0.6 is 11.6 Å². The molecule has 0 amide bonds. The van der Waals surface area contributed by atoms with E-state index in [4.69, 9.17) is 16.7 Å². The quantitative estimate of drug-likeness (QED) is 0.927. The van der Waals surface area contributed by atoms with Crippen LogP contribution in [-0.2, 0) is 16.6 Å². The Morgan fingerprint density at radius 2 is 2.05 bits per heavy atom. The van der Waals surface area contributed by atoms with Crippen LogP contribution in [0.25, 0.3) is 11.4 Å². The average Bonchev–Trinajstić information content (AvgIpc) is 2.75. The van der Waals surface area contributed by atoms with Crippen molar-refractivity contribution in [2.45, 2.75) is 25.5 Å². The molecular formula is C12H14ClFN4O2S. The highest BCUT2D eigenvalue weighted by Gasteiger charge is 2.23. The number of hydrogen-bond donors (Lipinski definition) is 1. The molecule has 2 aromatic rings. The lowest BCUT2D eigenvalue weighted by molar-refractivity contribution is 0.486. The standard InChI is InChI=1S/C12H14ClFN4O2S/c1-7(2)6-18-11(16-17-12(18)21(15,19)20)8-3-4-9(13)10(14)5-8/h3-5,7H,6H2,1-2H3,(H2,15,19,20). The molecule has 1 heterocycles. The molecule has 0 aliphatic carbocycles. The molecule has 0 bridgehead atoms. The zero-order valence-electron chi connectivity index (χ0n) is 11.4. The Kier molecular flexibility index (Phi) is 4.31. The monoisotopic (exact) mass is 332 g/mol. The molecule has 0 radical (unpaired) electrons. The van der Waals surface area contributed by atoms with Crippen molar-refractivity contribution in [1.82, 2.24) is 14.8 Å². The van der Waals surface area contributed by atoms with E-state index in [0.29, 0.717) is 12.1 Å². The summed E-state index contributed by atoms with van der Waals surface area (Å²) in [5, 5.41) is 12.2. The van der Waals surface area contributed by atoms with E-state index in [1.54, 1.807) is 6.07 Å². The number of nitrogens with two attached hydrogens (primary N) is 1. The molecule has 1 aromatic heterocycles. The molecule has 0 atom stereocenters. The molecular weight excluding hydrogens is 319 g/mol. The van der Waals surface area contributed by atoms with Crippen LogP contribution in [0.1, 0.15) is 13.8 Å². The van der Waals surface area contributed by atoms with Crippen LogP contribution in [0.2, 0.25) is 5.02 Å². The second kappa shape index (κ2) is 5.70. The smallest absolute Gasteiger partial charge is 0.273 e. The van der Waals surface area contributed by atoms with Gasteiger partial charge in [-0.3, -0.25) is 4.57 Å². The van der Waals surface area contributed by atoms with Gasteiger partial charge in [0.1, 0.15) is 5.82 Å². The van der Waals surface area contributed by atoms with E-state index >= 15 is 0 Å². The number of aromatic nitrogens is 3. The fourth-order valence-electron chi connectivity index (χ4n) is 1.88. The van der Waals surface area contributed by atoms with Crippen LogP contribution < -0.4 is 5.14 Å². The van der Waals surface area contributed by atoms with Gasteiger partial charge in [0.05, 0.1) is 5.02 Å². The van der Waals surface area contributed by atoms with Crippen molar-refractivity contribution >= 4 is 21.6 Å². The van der Waals surface area contributed by atoms with Crippen molar-refractivity contribution in [3.05, 3.63) is 29.0 Å². The van der Waals surface area contributed by atoms with Crippen molar-refractivity contribution in [2.75, 3.05) is 0 Å². The number of rotatable bonds is 4. The summed E-state index contributed by atoms with van der Waals surface area (Å²) in [6, 6.07) is 4.09. The van der Waals surface area contributed by atoms with Crippen molar-refractivity contribution < 1.29 is 12.8 Å². The van der Waals surface area contributed by atoms with Gasteiger partial charge in [-0.2, -0.15) is 0 Å². The second-order valence-electron chi connectivity index (χ2n) is 4.98. The Morgan fingerprint density at radius 1 is 1.38 bits per heavy atom. The fourth-order valence-corrected chi connectivity index (χ4v) is 2.62. The molecule has 0 fully saturated rings. The maximum absolute atomic E-state index is 13.6. The Balaban J connectivity index is 2.63. The highest BCUT2D eigenvalue weighted by atomic mass is 35.5. The molecule has 2 N–H and O–H groups in total. The number of halogens is 2. The normalized spacial score (nSPS) is 12.1. The van der Waals surface area contributed by atoms with Crippen LogP contribution in [-0.4, -0.2) is 23.2 Å². The fraction of sp³-hybridized carbons (Fsp3) is 0.333. The zero-order chi connectivity index (χ0) is 15.8. The van der Waals surface area contributed by atoms with Gasteiger partial charge >= 0.3 is 0 Å². The number of benzene rings is 1. The van der Waals surface area contributed by atoms with Crippen LogP contribution in [0.4, 0.5) is 4.39 Å². The van der Waals surface area contributed by atoms with Gasteiger partial charge in [0.2, 0.25) is 0 Å². The van der Waals surface area contributed by atoms with Crippen molar-refractivity contribution in [2.24, 2.45) is 11.1 Å². The Labute approximate surface area is 126 Å². The van der Waals surface area contributed by atoms with Crippen LogP contribution in [0.15, 0.2) is 23.4 Å². The van der Waals surface area contributed by atoms with Gasteiger partial charge in [0, 0.05) is 12.1 Å². The first-order valence-electron chi connectivity index (χ1n) is 6.11. The van der Waals surface area contributed by atoms with Crippen molar-refractivity contribution in [3.63, 3.8) is 0 Å². The summed E-state index contributed by atoms with van der Waals surface area (Å²) < 4.78 is 38.1. The third-order valence-corrected chi connectivity index (χ3v) is 3.81. The van der Waals surface area contributed by atoms with Gasteiger partial charge in [-0.15, -0.1) is 10.2 Å². The lowest BCUT2D eigenvalue weighted by Crippen LogP contribution is -2.20. The van der Waals surface area contributed by atoms with E-state index in [9.17, 15) is 12.8 Å². The van der Waals surface area contributed by atoms with E-state index in [-0.39, 0.29) is 21.9 Å². The summed E-state index contributed by atoms with van der Waals surface area (Å²) in [6.45, 7) is 4.14. The van der Waals surface area contributed by atoms with Gasteiger partial charge < -0.3 is 0 Å². The molecule has 0 saturated carbocycles. The number of primary sulfonamides is 1. The Morgan fingerprint density at radius 3 is 2.57 bits per heavy atom. The number of sulfonamides is 1. The maximum Gasteiger partial charge on any atom is 0.273 e. The minimum absolute atomic E-state index is 0.0275. The third-order valence-electron chi connectivity index (χ3n) is 2.70. The molecule has 1 aromatic carbocycles. The zero-order valence-corrected chi connectivity index (χ0v) is 13.0. The molecule has 0 aliphatic rings. The predicted molar refractivity (Wildman–Crippen MR) is 76.6 cm³/mol.